The van der Waals surface area contributed by atoms with Crippen LogP contribution in [-0.4, -0.2) is 0 Å². The Morgan fingerprint density at radius 2 is 0.833 bits per heavy atom. The second kappa shape index (κ2) is 9.44. The van der Waals surface area contributed by atoms with Gasteiger partial charge in [0.15, 0.2) is 0 Å². The van der Waals surface area contributed by atoms with Crippen molar-refractivity contribution >= 4 is 10.8 Å². The molecule has 8 aromatic carbocycles. The van der Waals surface area contributed by atoms with E-state index >= 15 is 0 Å². The van der Waals surface area contributed by atoms with Crippen molar-refractivity contribution in [1.29, 1.82) is 0 Å². The lowest BCUT2D eigenvalue weighted by Gasteiger charge is -2.30. The van der Waals surface area contributed by atoms with E-state index in [1.54, 1.807) is 0 Å². The molecule has 1 heteroatoms. The molecule has 0 atom stereocenters. The number of fused-ring (bicyclic) bond motifs is 12. The topological polar surface area (TPSA) is 9.23 Å². The van der Waals surface area contributed by atoms with Gasteiger partial charge in [-0.15, -0.1) is 0 Å². The second-order valence-electron chi connectivity index (χ2n) is 13.2. The maximum atomic E-state index is 6.36. The largest absolute Gasteiger partial charge is 0.456 e. The van der Waals surface area contributed by atoms with Gasteiger partial charge in [-0.3, -0.25) is 0 Å². The van der Waals surface area contributed by atoms with Gasteiger partial charge in [-0.2, -0.15) is 0 Å². The zero-order valence-electron chi connectivity index (χ0n) is 26.1. The molecule has 0 saturated carbocycles. The number of rotatable bonds is 2. The third kappa shape index (κ3) is 3.25. The molecule has 0 fully saturated rings. The highest BCUT2D eigenvalue weighted by Crippen LogP contribution is 2.63. The van der Waals surface area contributed by atoms with Crippen LogP contribution in [-0.2, 0) is 5.41 Å². The van der Waals surface area contributed by atoms with Crippen molar-refractivity contribution in [3.8, 4) is 67.1 Å². The van der Waals surface area contributed by atoms with Gasteiger partial charge in [0.25, 0.3) is 0 Å². The maximum absolute atomic E-state index is 6.36. The van der Waals surface area contributed by atoms with E-state index in [1.807, 2.05) is 12.1 Å². The first-order chi connectivity index (χ1) is 23.8. The molecule has 0 radical (unpaired) electrons. The zero-order chi connectivity index (χ0) is 31.4. The molecular weight excluding hydrogens is 581 g/mol. The smallest absolute Gasteiger partial charge is 0.135 e. The van der Waals surface area contributed by atoms with Crippen molar-refractivity contribution in [3.63, 3.8) is 0 Å². The Labute approximate surface area is 279 Å². The van der Waals surface area contributed by atoms with Crippen LogP contribution in [0.15, 0.2) is 170 Å². The highest BCUT2D eigenvalue weighted by molar-refractivity contribution is 6.10. The van der Waals surface area contributed by atoms with E-state index in [9.17, 15) is 0 Å². The summed E-state index contributed by atoms with van der Waals surface area (Å²) in [7, 11) is 0. The van der Waals surface area contributed by atoms with E-state index in [0.29, 0.717) is 0 Å². The summed E-state index contributed by atoms with van der Waals surface area (Å²) >= 11 is 0. The van der Waals surface area contributed by atoms with Crippen molar-refractivity contribution in [1.82, 2.24) is 0 Å². The van der Waals surface area contributed by atoms with Crippen LogP contribution in [0.2, 0.25) is 0 Å². The first kappa shape index (κ1) is 25.9. The van der Waals surface area contributed by atoms with Crippen LogP contribution < -0.4 is 4.74 Å². The first-order valence-corrected chi connectivity index (χ1v) is 16.7. The minimum atomic E-state index is -0.334. The van der Waals surface area contributed by atoms with Crippen molar-refractivity contribution in [2.75, 3.05) is 0 Å². The summed E-state index contributed by atoms with van der Waals surface area (Å²) in [6.07, 6.45) is 0. The van der Waals surface area contributed by atoms with Crippen LogP contribution in [0.3, 0.4) is 0 Å². The van der Waals surface area contributed by atoms with E-state index in [0.717, 1.165) is 17.1 Å². The quantitative estimate of drug-likeness (QED) is 0.190. The monoisotopic (exact) mass is 608 g/mol. The van der Waals surface area contributed by atoms with Crippen LogP contribution >= 0.6 is 0 Å². The average molecular weight is 609 g/mol. The van der Waals surface area contributed by atoms with Gasteiger partial charge in [-0.1, -0.05) is 152 Å². The van der Waals surface area contributed by atoms with Crippen LogP contribution in [0.4, 0.5) is 0 Å². The molecule has 0 saturated heterocycles. The van der Waals surface area contributed by atoms with Gasteiger partial charge in [-0.25, -0.2) is 0 Å². The predicted octanol–water partition coefficient (Wildman–Crippen LogP) is 12.3. The summed E-state index contributed by atoms with van der Waals surface area (Å²) in [6, 6.07) is 62.5. The molecule has 8 aromatic rings. The molecule has 0 bridgehead atoms. The van der Waals surface area contributed by atoms with Gasteiger partial charge >= 0.3 is 0 Å². The number of para-hydroxylation sites is 1. The Morgan fingerprint density at radius 3 is 1.52 bits per heavy atom. The minimum Gasteiger partial charge on any atom is -0.456 e. The zero-order valence-corrected chi connectivity index (χ0v) is 26.1. The molecule has 222 valence electrons. The Kier molecular flexibility index (Phi) is 5.10. The molecule has 1 aliphatic heterocycles. The van der Waals surface area contributed by atoms with E-state index in [-0.39, 0.29) is 5.41 Å². The van der Waals surface area contributed by atoms with Crippen molar-refractivity contribution < 1.29 is 4.74 Å². The average Bonchev–Trinajstić information content (AvgIpc) is 3.62. The molecule has 1 spiro atoms. The van der Waals surface area contributed by atoms with Crippen molar-refractivity contribution in [2.24, 2.45) is 0 Å². The lowest BCUT2D eigenvalue weighted by molar-refractivity contribution is 0.487. The molecule has 0 N–H and O–H groups in total. The Hall–Kier alpha value is -6.18. The van der Waals surface area contributed by atoms with Crippen LogP contribution in [0.25, 0.3) is 66.4 Å². The third-order valence-corrected chi connectivity index (χ3v) is 10.9. The van der Waals surface area contributed by atoms with Gasteiger partial charge in [0.05, 0.1) is 5.41 Å². The predicted molar refractivity (Wildman–Crippen MR) is 197 cm³/mol. The lowest BCUT2D eigenvalue weighted by Crippen LogP contribution is -2.25. The van der Waals surface area contributed by atoms with Gasteiger partial charge in [0.1, 0.15) is 11.5 Å². The molecule has 2 aliphatic carbocycles. The fraction of sp³-hybridized carbons (Fsp3) is 0.0213. The molecular formula is C47H28O. The number of hydrogen-bond acceptors (Lipinski definition) is 1. The summed E-state index contributed by atoms with van der Waals surface area (Å²) in [5, 5.41) is 2.39. The summed E-state index contributed by atoms with van der Waals surface area (Å²) in [6.45, 7) is 0. The highest BCUT2D eigenvalue weighted by atomic mass is 16.5. The highest BCUT2D eigenvalue weighted by Gasteiger charge is 2.51. The van der Waals surface area contributed by atoms with Crippen molar-refractivity contribution in [2.45, 2.75) is 5.41 Å². The Bertz CT molecular complexity index is 2580. The minimum absolute atomic E-state index is 0.334. The Balaban J connectivity index is 1.06. The summed E-state index contributed by atoms with van der Waals surface area (Å²) in [5.41, 5.74) is 17.7. The fourth-order valence-electron chi connectivity index (χ4n) is 8.95. The SMILES string of the molecule is c1ccc2c(c1)Oc1ccc(-c3ccc(-c4ccc5c(c4)C4(c6ccccc6-c6ccccc64)c4ccccc4-5)cc3)c3cccc-2c13. The lowest BCUT2D eigenvalue weighted by atomic mass is 9.70. The van der Waals surface area contributed by atoms with Gasteiger partial charge < -0.3 is 4.74 Å². The molecule has 11 rings (SSSR count). The van der Waals surface area contributed by atoms with Crippen LogP contribution in [0.5, 0.6) is 11.5 Å². The molecule has 0 aromatic heterocycles. The first-order valence-electron chi connectivity index (χ1n) is 16.7. The number of benzene rings is 8. The van der Waals surface area contributed by atoms with E-state index in [2.05, 4.69) is 158 Å². The summed E-state index contributed by atoms with van der Waals surface area (Å²) in [5.74, 6) is 1.83. The molecule has 0 unspecified atom stereocenters. The number of hydrogen-bond donors (Lipinski definition) is 0. The van der Waals surface area contributed by atoms with Gasteiger partial charge in [0, 0.05) is 10.9 Å². The third-order valence-electron chi connectivity index (χ3n) is 10.9. The van der Waals surface area contributed by atoms with Crippen molar-refractivity contribution in [3.05, 3.63) is 192 Å². The Morgan fingerprint density at radius 1 is 0.312 bits per heavy atom. The molecule has 1 nitrogen and oxygen atoms in total. The molecule has 3 aliphatic rings. The normalized spacial score (nSPS) is 13.8. The fourth-order valence-corrected chi connectivity index (χ4v) is 8.95. The number of ether oxygens (including phenoxy) is 1. The summed E-state index contributed by atoms with van der Waals surface area (Å²) < 4.78 is 6.36. The van der Waals surface area contributed by atoms with E-state index < -0.39 is 0 Å². The van der Waals surface area contributed by atoms with Gasteiger partial charge in [-0.05, 0) is 95.9 Å². The summed E-state index contributed by atoms with van der Waals surface area (Å²) in [4.78, 5) is 0. The second-order valence-corrected chi connectivity index (χ2v) is 13.2. The van der Waals surface area contributed by atoms with Crippen LogP contribution in [0.1, 0.15) is 22.3 Å². The maximum Gasteiger partial charge on any atom is 0.135 e. The van der Waals surface area contributed by atoms with E-state index in [1.165, 1.54) is 83.1 Å². The molecule has 1 heterocycles. The van der Waals surface area contributed by atoms with Crippen LogP contribution in [0, 0.1) is 0 Å². The standard InChI is InChI=1S/C47H28O/c1-5-16-40-33(10-1)34-11-2-6-17-41(34)47(40)42-18-7-3-12-35(42)36-25-24-31(28-43(36)47)29-20-22-30(23-21-29)32-26-27-45-46-38(32)14-9-15-39(46)37-13-4-8-19-44(37)48-45/h1-28H. The van der Waals surface area contributed by atoms with Gasteiger partial charge in [0.2, 0.25) is 0 Å². The molecule has 0 amide bonds. The molecule has 48 heavy (non-hydrogen) atoms. The van der Waals surface area contributed by atoms with E-state index in [4.69, 9.17) is 4.74 Å².